The van der Waals surface area contributed by atoms with Crippen molar-refractivity contribution in [2.75, 3.05) is 7.11 Å². The van der Waals surface area contributed by atoms with E-state index in [4.69, 9.17) is 16.3 Å². The van der Waals surface area contributed by atoms with Crippen LogP contribution < -0.4 is 15.6 Å². The van der Waals surface area contributed by atoms with Crippen molar-refractivity contribution >= 4 is 11.6 Å². The van der Waals surface area contributed by atoms with Crippen molar-refractivity contribution in [1.29, 1.82) is 0 Å². The Hall–Kier alpha value is -1.85. The fourth-order valence-corrected chi connectivity index (χ4v) is 2.35. The molecule has 2 N–H and O–H groups in total. The van der Waals surface area contributed by atoms with E-state index in [-0.39, 0.29) is 5.56 Å². The zero-order valence-electron chi connectivity index (χ0n) is 11.6. The number of aromatic amines is 1. The molecule has 0 spiro atoms. The average Bonchev–Trinajstić information content (AvgIpc) is 3.30. The molecule has 0 aliphatic heterocycles. The Kier molecular flexibility index (Phi) is 3.94. The van der Waals surface area contributed by atoms with Crippen molar-refractivity contribution < 1.29 is 4.74 Å². The standard InChI is InChI=1S/C15H16ClN3O2/c1-21-14-5-2-9(6-12(14)16)13-7-10(15(20)19-18-13)8-17-11-3-4-11/h2,5-7,11,17H,3-4,8H2,1H3,(H,19,20). The number of halogens is 1. The Morgan fingerprint density at radius 2 is 2.24 bits per heavy atom. The topological polar surface area (TPSA) is 67.0 Å². The Morgan fingerprint density at radius 1 is 1.43 bits per heavy atom. The maximum atomic E-state index is 11.8. The minimum Gasteiger partial charge on any atom is -0.495 e. The average molecular weight is 306 g/mol. The number of aromatic nitrogens is 2. The largest absolute Gasteiger partial charge is 0.495 e. The quantitative estimate of drug-likeness (QED) is 0.890. The van der Waals surface area contributed by atoms with Gasteiger partial charge in [0.15, 0.2) is 0 Å². The van der Waals surface area contributed by atoms with Crippen molar-refractivity contribution in [2.24, 2.45) is 0 Å². The van der Waals surface area contributed by atoms with Crippen LogP contribution in [0.5, 0.6) is 5.75 Å². The monoisotopic (exact) mass is 305 g/mol. The van der Waals surface area contributed by atoms with Gasteiger partial charge in [-0.2, -0.15) is 5.10 Å². The van der Waals surface area contributed by atoms with Gasteiger partial charge in [0.05, 0.1) is 17.8 Å². The number of nitrogens with zero attached hydrogens (tertiary/aromatic N) is 1. The van der Waals surface area contributed by atoms with Gasteiger partial charge in [-0.3, -0.25) is 4.79 Å². The number of benzene rings is 1. The first-order valence-corrected chi connectivity index (χ1v) is 7.21. The molecular formula is C15H16ClN3O2. The van der Waals surface area contributed by atoms with Crippen LogP contribution in [0.2, 0.25) is 5.02 Å². The van der Waals surface area contributed by atoms with E-state index in [0.29, 0.717) is 34.6 Å². The first-order valence-electron chi connectivity index (χ1n) is 6.83. The summed E-state index contributed by atoms with van der Waals surface area (Å²) >= 11 is 6.12. The molecule has 1 aromatic heterocycles. The van der Waals surface area contributed by atoms with Crippen molar-refractivity contribution in [2.45, 2.75) is 25.4 Å². The first kappa shape index (κ1) is 14.1. The number of nitrogens with one attached hydrogen (secondary N) is 2. The lowest BCUT2D eigenvalue weighted by Gasteiger charge is -2.07. The lowest BCUT2D eigenvalue weighted by Crippen LogP contribution is -2.23. The summed E-state index contributed by atoms with van der Waals surface area (Å²) in [5.41, 5.74) is 2.04. The third-order valence-corrected chi connectivity index (χ3v) is 3.78. The van der Waals surface area contributed by atoms with Gasteiger partial charge in [-0.1, -0.05) is 11.6 Å². The minimum absolute atomic E-state index is 0.161. The maximum Gasteiger partial charge on any atom is 0.268 e. The van der Waals surface area contributed by atoms with Crippen LogP contribution in [0.1, 0.15) is 18.4 Å². The smallest absolute Gasteiger partial charge is 0.268 e. The molecule has 0 bridgehead atoms. The number of H-pyrrole nitrogens is 1. The lowest BCUT2D eigenvalue weighted by molar-refractivity contribution is 0.415. The van der Waals surface area contributed by atoms with Crippen LogP contribution in [0.25, 0.3) is 11.3 Å². The second-order valence-electron chi connectivity index (χ2n) is 5.11. The normalized spacial score (nSPS) is 14.2. The molecule has 0 atom stereocenters. The molecule has 21 heavy (non-hydrogen) atoms. The summed E-state index contributed by atoms with van der Waals surface area (Å²) < 4.78 is 5.13. The van der Waals surface area contributed by atoms with Crippen LogP contribution in [-0.2, 0) is 6.54 Å². The second kappa shape index (κ2) is 5.87. The predicted octanol–water partition coefficient (Wildman–Crippen LogP) is 2.35. The van der Waals surface area contributed by atoms with E-state index in [1.165, 1.54) is 12.8 Å². The number of hydrogen-bond acceptors (Lipinski definition) is 4. The van der Waals surface area contributed by atoms with Gasteiger partial charge in [-0.05, 0) is 37.1 Å². The molecular weight excluding hydrogens is 290 g/mol. The number of hydrogen-bond donors (Lipinski definition) is 2. The Morgan fingerprint density at radius 3 is 2.90 bits per heavy atom. The molecule has 1 fully saturated rings. The van der Waals surface area contributed by atoms with Crippen molar-refractivity contribution in [1.82, 2.24) is 15.5 Å². The fourth-order valence-electron chi connectivity index (χ4n) is 2.09. The molecule has 3 rings (SSSR count). The molecule has 1 aliphatic rings. The molecule has 6 heteroatoms. The SMILES string of the molecule is COc1ccc(-c2cc(CNC3CC3)c(=O)[nH]n2)cc1Cl. The minimum atomic E-state index is -0.161. The van der Waals surface area contributed by atoms with Gasteiger partial charge < -0.3 is 10.1 Å². The molecule has 0 saturated heterocycles. The van der Waals surface area contributed by atoms with Gasteiger partial charge in [0.1, 0.15) is 5.75 Å². The van der Waals surface area contributed by atoms with E-state index in [9.17, 15) is 4.79 Å². The lowest BCUT2D eigenvalue weighted by atomic mass is 10.1. The van der Waals surface area contributed by atoms with Gasteiger partial charge in [-0.15, -0.1) is 0 Å². The summed E-state index contributed by atoms with van der Waals surface area (Å²) in [5, 5.41) is 10.5. The van der Waals surface area contributed by atoms with Gasteiger partial charge in [0, 0.05) is 23.7 Å². The van der Waals surface area contributed by atoms with Crippen LogP contribution in [0.4, 0.5) is 0 Å². The van der Waals surface area contributed by atoms with Gasteiger partial charge in [0.25, 0.3) is 5.56 Å². The summed E-state index contributed by atoms with van der Waals surface area (Å²) in [6, 6.07) is 7.78. The summed E-state index contributed by atoms with van der Waals surface area (Å²) in [5.74, 6) is 0.612. The predicted molar refractivity (Wildman–Crippen MR) is 81.7 cm³/mol. The maximum absolute atomic E-state index is 11.8. The van der Waals surface area contributed by atoms with E-state index in [1.807, 2.05) is 6.07 Å². The molecule has 1 saturated carbocycles. The Labute approximate surface area is 127 Å². The molecule has 0 radical (unpaired) electrons. The summed E-state index contributed by atoms with van der Waals surface area (Å²) in [4.78, 5) is 11.8. The summed E-state index contributed by atoms with van der Waals surface area (Å²) in [6.45, 7) is 0.555. The molecule has 0 unspecified atom stereocenters. The van der Waals surface area contributed by atoms with E-state index < -0.39 is 0 Å². The van der Waals surface area contributed by atoms with E-state index in [1.54, 1.807) is 25.3 Å². The van der Waals surface area contributed by atoms with Crippen molar-refractivity contribution in [3.05, 3.63) is 45.2 Å². The zero-order valence-corrected chi connectivity index (χ0v) is 12.4. The van der Waals surface area contributed by atoms with Crippen LogP contribution in [0.15, 0.2) is 29.1 Å². The third-order valence-electron chi connectivity index (χ3n) is 3.49. The van der Waals surface area contributed by atoms with Crippen LogP contribution in [0, 0.1) is 0 Å². The highest BCUT2D eigenvalue weighted by Crippen LogP contribution is 2.29. The summed E-state index contributed by atoms with van der Waals surface area (Å²) in [6.07, 6.45) is 2.37. The van der Waals surface area contributed by atoms with Gasteiger partial charge in [0.2, 0.25) is 0 Å². The Balaban J connectivity index is 1.88. The second-order valence-corrected chi connectivity index (χ2v) is 5.52. The van der Waals surface area contributed by atoms with E-state index >= 15 is 0 Å². The zero-order chi connectivity index (χ0) is 14.8. The van der Waals surface area contributed by atoms with Crippen LogP contribution in [-0.4, -0.2) is 23.3 Å². The molecule has 0 amide bonds. The number of ether oxygens (including phenoxy) is 1. The summed E-state index contributed by atoms with van der Waals surface area (Å²) in [7, 11) is 1.57. The molecule has 110 valence electrons. The van der Waals surface area contributed by atoms with Crippen molar-refractivity contribution in [3.63, 3.8) is 0 Å². The van der Waals surface area contributed by atoms with E-state index in [0.717, 1.165) is 5.56 Å². The highest BCUT2D eigenvalue weighted by molar-refractivity contribution is 6.32. The van der Waals surface area contributed by atoms with E-state index in [2.05, 4.69) is 15.5 Å². The highest BCUT2D eigenvalue weighted by atomic mass is 35.5. The number of methoxy groups -OCH3 is 1. The molecule has 1 aliphatic carbocycles. The van der Waals surface area contributed by atoms with Crippen LogP contribution >= 0.6 is 11.6 Å². The number of rotatable bonds is 5. The molecule has 2 aromatic rings. The molecule has 5 nitrogen and oxygen atoms in total. The first-order chi connectivity index (χ1) is 10.2. The third kappa shape index (κ3) is 3.25. The van der Waals surface area contributed by atoms with Gasteiger partial charge in [-0.25, -0.2) is 5.10 Å². The fraction of sp³-hybridized carbons (Fsp3) is 0.333. The Bertz CT molecular complexity index is 710. The molecule has 1 heterocycles. The van der Waals surface area contributed by atoms with Crippen LogP contribution in [0.3, 0.4) is 0 Å². The molecule has 1 aromatic carbocycles. The highest BCUT2D eigenvalue weighted by Gasteiger charge is 2.20. The van der Waals surface area contributed by atoms with Crippen molar-refractivity contribution in [3.8, 4) is 17.0 Å². The van der Waals surface area contributed by atoms with Gasteiger partial charge >= 0.3 is 0 Å².